The lowest BCUT2D eigenvalue weighted by Gasteiger charge is -2.45. The molecule has 0 fully saturated rings. The van der Waals surface area contributed by atoms with Gasteiger partial charge in [0.1, 0.15) is 0 Å². The van der Waals surface area contributed by atoms with E-state index in [0.29, 0.717) is 11.5 Å². The van der Waals surface area contributed by atoms with Gasteiger partial charge in [0, 0.05) is 30.7 Å². The Morgan fingerprint density at radius 1 is 1.13 bits per heavy atom. The molecule has 3 aromatic rings. The van der Waals surface area contributed by atoms with Gasteiger partial charge in [-0.05, 0) is 86.2 Å². The number of aryl methyl sites for hydroxylation is 1. The zero-order chi connectivity index (χ0) is 22.2. The molecule has 1 amide bonds. The molecule has 5 nitrogen and oxygen atoms in total. The number of nitrogens with zero attached hydrogens (tertiary/aromatic N) is 3. The highest BCUT2D eigenvalue weighted by molar-refractivity contribution is 5.98. The number of carbonyl (C=O) groups excluding carboxylic acids is 1. The number of anilines is 1. The molecule has 160 valence electrons. The van der Waals surface area contributed by atoms with Crippen LogP contribution in [0.2, 0.25) is 0 Å². The highest BCUT2D eigenvalue weighted by atomic mass is 16.2. The van der Waals surface area contributed by atoms with Crippen LogP contribution in [0.3, 0.4) is 0 Å². The number of rotatable bonds is 4. The summed E-state index contributed by atoms with van der Waals surface area (Å²) in [6.07, 6.45) is 6.69. The van der Waals surface area contributed by atoms with Gasteiger partial charge in [-0.1, -0.05) is 19.1 Å². The van der Waals surface area contributed by atoms with E-state index in [-0.39, 0.29) is 11.4 Å². The van der Waals surface area contributed by atoms with E-state index in [9.17, 15) is 4.79 Å². The lowest BCUT2D eigenvalue weighted by atomic mass is 9.79. The third-order valence-electron chi connectivity index (χ3n) is 6.42. The fraction of sp³-hybridized carbons (Fsp3) is 0.308. The van der Waals surface area contributed by atoms with Gasteiger partial charge in [-0.2, -0.15) is 5.10 Å². The first-order valence-corrected chi connectivity index (χ1v) is 10.7. The molecular weight excluding hydrogens is 384 g/mol. The topological polar surface area (TPSA) is 49.6 Å². The Morgan fingerprint density at radius 2 is 1.84 bits per heavy atom. The van der Waals surface area contributed by atoms with Crippen LogP contribution in [0, 0.1) is 6.92 Å². The van der Waals surface area contributed by atoms with Gasteiger partial charge < -0.3 is 9.47 Å². The van der Waals surface area contributed by atoms with Gasteiger partial charge in [0.05, 0.1) is 17.5 Å². The molecule has 4 rings (SSSR count). The molecule has 0 aliphatic carbocycles. The third-order valence-corrected chi connectivity index (χ3v) is 6.42. The fourth-order valence-electron chi connectivity index (χ4n) is 4.48. The zero-order valence-electron chi connectivity index (χ0n) is 18.9. The summed E-state index contributed by atoms with van der Waals surface area (Å²) in [5.41, 5.74) is 9.01. The van der Waals surface area contributed by atoms with Gasteiger partial charge in [0.2, 0.25) is 0 Å². The minimum atomic E-state index is -0.231. The van der Waals surface area contributed by atoms with E-state index >= 15 is 0 Å². The van der Waals surface area contributed by atoms with Crippen LogP contribution >= 0.6 is 0 Å². The Hall–Kier alpha value is -3.34. The number of hydrogen-bond donors (Lipinski definition) is 1. The van der Waals surface area contributed by atoms with Crippen molar-refractivity contribution in [1.29, 1.82) is 0 Å². The third kappa shape index (κ3) is 4.00. The Labute approximate surface area is 184 Å². The molecule has 0 saturated carbocycles. The van der Waals surface area contributed by atoms with E-state index in [1.165, 1.54) is 11.3 Å². The molecule has 1 aliphatic heterocycles. The summed E-state index contributed by atoms with van der Waals surface area (Å²) in [5, 5.41) is 4.28. The molecule has 31 heavy (non-hydrogen) atoms. The maximum absolute atomic E-state index is 12.8. The molecule has 2 heterocycles. The van der Waals surface area contributed by atoms with Crippen molar-refractivity contribution in [3.63, 3.8) is 0 Å². The monoisotopic (exact) mass is 414 g/mol. The molecule has 0 bridgehead atoms. The predicted molar refractivity (Wildman–Crippen MR) is 128 cm³/mol. The number of para-hydroxylation sites is 1. The summed E-state index contributed by atoms with van der Waals surface area (Å²) in [5.74, 6) is 0.239. The zero-order valence-corrected chi connectivity index (χ0v) is 18.9. The molecule has 5 heteroatoms. The molecule has 0 radical (unpaired) electrons. The van der Waals surface area contributed by atoms with Crippen molar-refractivity contribution in [3.8, 4) is 5.69 Å². The van der Waals surface area contributed by atoms with Crippen molar-refractivity contribution in [2.45, 2.75) is 45.6 Å². The van der Waals surface area contributed by atoms with Crippen molar-refractivity contribution in [2.24, 2.45) is 5.10 Å². The van der Waals surface area contributed by atoms with Crippen LogP contribution in [0.1, 0.15) is 60.2 Å². The number of fused-ring (bicyclic) bond motifs is 1. The van der Waals surface area contributed by atoms with E-state index in [1.807, 2.05) is 53.4 Å². The lowest BCUT2D eigenvalue weighted by molar-refractivity contribution is 0.0955. The van der Waals surface area contributed by atoms with E-state index in [0.717, 1.165) is 23.2 Å². The number of hydrazone groups is 1. The Balaban J connectivity index is 1.56. The first kappa shape index (κ1) is 20.9. The second-order valence-corrected chi connectivity index (χ2v) is 9.05. The average Bonchev–Trinajstić information content (AvgIpc) is 3.27. The molecule has 0 saturated heterocycles. The number of amides is 1. The van der Waals surface area contributed by atoms with Crippen LogP contribution in [-0.4, -0.2) is 29.3 Å². The number of aromatic nitrogens is 1. The molecule has 1 unspecified atom stereocenters. The maximum atomic E-state index is 12.8. The predicted octanol–water partition coefficient (Wildman–Crippen LogP) is 5.27. The Bertz CT molecular complexity index is 1130. The van der Waals surface area contributed by atoms with Crippen molar-refractivity contribution in [2.75, 3.05) is 11.9 Å². The summed E-state index contributed by atoms with van der Waals surface area (Å²) in [4.78, 5) is 15.2. The van der Waals surface area contributed by atoms with Crippen LogP contribution in [0.5, 0.6) is 0 Å². The summed E-state index contributed by atoms with van der Waals surface area (Å²) in [6, 6.07) is 15.8. The highest BCUT2D eigenvalue weighted by Crippen LogP contribution is 2.43. The fourth-order valence-corrected chi connectivity index (χ4v) is 4.48. The largest absolute Gasteiger partial charge is 0.369 e. The molecule has 0 spiro atoms. The normalized spacial score (nSPS) is 17.6. The van der Waals surface area contributed by atoms with Gasteiger partial charge in [-0.25, -0.2) is 5.43 Å². The first-order valence-electron chi connectivity index (χ1n) is 10.7. The number of nitrogens with one attached hydrogen (secondary N) is 1. The summed E-state index contributed by atoms with van der Waals surface area (Å²) in [6.45, 7) is 8.95. The van der Waals surface area contributed by atoms with Crippen molar-refractivity contribution in [1.82, 2.24) is 9.99 Å². The Morgan fingerprint density at radius 3 is 2.58 bits per heavy atom. The van der Waals surface area contributed by atoms with Gasteiger partial charge >= 0.3 is 0 Å². The Kier molecular flexibility index (Phi) is 5.44. The highest BCUT2D eigenvalue weighted by Gasteiger charge is 2.34. The van der Waals surface area contributed by atoms with Crippen LogP contribution in [0.15, 0.2) is 66.0 Å². The minimum absolute atomic E-state index is 0.134. The van der Waals surface area contributed by atoms with E-state index in [2.05, 4.69) is 62.3 Å². The summed E-state index contributed by atoms with van der Waals surface area (Å²) >= 11 is 0. The van der Waals surface area contributed by atoms with E-state index in [4.69, 9.17) is 0 Å². The number of carbonyl (C=O) groups is 1. The lowest BCUT2D eigenvalue weighted by Crippen LogP contribution is -2.45. The van der Waals surface area contributed by atoms with Crippen molar-refractivity contribution in [3.05, 3.63) is 83.2 Å². The van der Waals surface area contributed by atoms with Crippen LogP contribution in [-0.2, 0) is 0 Å². The first-order chi connectivity index (χ1) is 14.8. The minimum Gasteiger partial charge on any atom is -0.369 e. The molecule has 1 aliphatic rings. The van der Waals surface area contributed by atoms with Crippen LogP contribution in [0.25, 0.3) is 5.69 Å². The number of hydrogen-bond acceptors (Lipinski definition) is 3. The quantitative estimate of drug-likeness (QED) is 0.467. The van der Waals surface area contributed by atoms with Crippen LogP contribution < -0.4 is 10.3 Å². The molecule has 1 N–H and O–H groups in total. The van der Waals surface area contributed by atoms with Gasteiger partial charge in [-0.3, -0.25) is 4.79 Å². The maximum Gasteiger partial charge on any atom is 0.273 e. The SMILES string of the molecule is Cc1cc2c(cc1/C=N/NC(=O)c1ccccc1-n1cccc1)C(C)CC(C)(C)N2C. The second kappa shape index (κ2) is 8.06. The number of benzene rings is 2. The smallest absolute Gasteiger partial charge is 0.273 e. The molecular formula is C26H30N4O. The van der Waals surface area contributed by atoms with Crippen LogP contribution in [0.4, 0.5) is 5.69 Å². The van der Waals surface area contributed by atoms with Gasteiger partial charge in [-0.15, -0.1) is 0 Å². The second-order valence-electron chi connectivity index (χ2n) is 9.05. The van der Waals surface area contributed by atoms with Gasteiger partial charge in [0.15, 0.2) is 0 Å². The standard InChI is InChI=1S/C26H30N4O/c1-18-14-24-22(19(2)16-26(3,4)29(24)5)15-20(18)17-27-28-25(31)21-10-6-7-11-23(21)30-12-8-9-13-30/h6-15,17,19H,16H2,1-5H3,(H,28,31)/b27-17+. The van der Waals surface area contributed by atoms with Gasteiger partial charge in [0.25, 0.3) is 5.91 Å². The molecule has 1 aromatic heterocycles. The molecule has 1 atom stereocenters. The van der Waals surface area contributed by atoms with E-state index in [1.54, 1.807) is 6.21 Å². The summed E-state index contributed by atoms with van der Waals surface area (Å²) < 4.78 is 1.92. The van der Waals surface area contributed by atoms with E-state index < -0.39 is 0 Å². The molecule has 2 aromatic carbocycles. The summed E-state index contributed by atoms with van der Waals surface area (Å²) in [7, 11) is 2.17. The average molecular weight is 415 g/mol. The van der Waals surface area contributed by atoms with Crippen molar-refractivity contribution >= 4 is 17.8 Å². The van der Waals surface area contributed by atoms with Crippen molar-refractivity contribution < 1.29 is 4.79 Å².